The highest BCUT2D eigenvalue weighted by molar-refractivity contribution is 7.89. The van der Waals surface area contributed by atoms with Gasteiger partial charge in [-0.25, -0.2) is 8.42 Å². The van der Waals surface area contributed by atoms with E-state index >= 15 is 0 Å². The van der Waals surface area contributed by atoms with Crippen molar-refractivity contribution in [1.29, 1.82) is 0 Å². The van der Waals surface area contributed by atoms with Gasteiger partial charge in [0, 0.05) is 7.05 Å². The molecule has 0 aliphatic rings. The molecule has 0 unspecified atom stereocenters. The zero-order valence-corrected chi connectivity index (χ0v) is 11.1. The van der Waals surface area contributed by atoms with Crippen LogP contribution in [0.15, 0.2) is 29.2 Å². The maximum Gasteiger partial charge on any atom is 0.262 e. The minimum absolute atomic E-state index is 0.0941. The molecule has 7 heteroatoms. The van der Waals surface area contributed by atoms with Crippen LogP contribution >= 0.6 is 0 Å². The summed E-state index contributed by atoms with van der Waals surface area (Å²) in [6, 6.07) is 6.44. The average Bonchev–Trinajstić information content (AvgIpc) is 2.38. The summed E-state index contributed by atoms with van der Waals surface area (Å²) in [7, 11) is -2.31. The Hall–Kier alpha value is -1.44. The van der Waals surface area contributed by atoms with Crippen LogP contribution in [0.25, 0.3) is 0 Å². The van der Waals surface area contributed by atoms with Gasteiger partial charge in [-0.15, -0.1) is 0 Å². The predicted octanol–water partition coefficient (Wildman–Crippen LogP) is 0.205. The van der Waals surface area contributed by atoms with Crippen LogP contribution in [0.5, 0.6) is 0 Å². The molecule has 1 amide bonds. The van der Waals surface area contributed by atoms with Crippen molar-refractivity contribution in [3.8, 4) is 0 Å². The summed E-state index contributed by atoms with van der Waals surface area (Å²) in [5.41, 5.74) is 1.04. The van der Waals surface area contributed by atoms with Gasteiger partial charge in [0.2, 0.25) is 5.91 Å². The van der Waals surface area contributed by atoms with Crippen LogP contribution in [0.4, 0.5) is 0 Å². The van der Waals surface area contributed by atoms with E-state index in [-0.39, 0.29) is 11.5 Å². The summed E-state index contributed by atoms with van der Waals surface area (Å²) in [4.78, 5) is 17.4. The molecule has 18 heavy (non-hydrogen) atoms. The molecular formula is C11H16N2O4S. The molecule has 1 aromatic carbocycles. The molecule has 0 aliphatic carbocycles. The number of hydrogen-bond donors (Lipinski definition) is 2. The van der Waals surface area contributed by atoms with E-state index in [4.69, 9.17) is 0 Å². The van der Waals surface area contributed by atoms with Crippen molar-refractivity contribution in [1.82, 2.24) is 10.2 Å². The van der Waals surface area contributed by atoms with Crippen LogP contribution in [0.3, 0.4) is 0 Å². The Morgan fingerprint density at radius 3 is 2.39 bits per heavy atom. The van der Waals surface area contributed by atoms with Gasteiger partial charge in [0.15, 0.2) is 0 Å². The summed E-state index contributed by atoms with van der Waals surface area (Å²) >= 11 is 0. The third-order valence-corrected chi connectivity index (χ3v) is 3.52. The highest BCUT2D eigenvalue weighted by atomic mass is 32.2. The standard InChI is InChI=1S/C11H16N2O4S/c1-3-9-4-6-10(7-5-9)18(15,16)13-17-8-11(14)12-2/h4-7,13H,3,8H2,1-2H3,(H,12,14). The van der Waals surface area contributed by atoms with E-state index < -0.39 is 15.9 Å². The number of carbonyl (C=O) groups excluding carboxylic acids is 1. The number of carbonyl (C=O) groups is 1. The second-order valence-corrected chi connectivity index (χ2v) is 5.19. The topological polar surface area (TPSA) is 84.5 Å². The number of nitrogens with one attached hydrogen (secondary N) is 2. The summed E-state index contributed by atoms with van der Waals surface area (Å²) in [5, 5.41) is 2.31. The summed E-state index contributed by atoms with van der Waals surface area (Å²) in [6.07, 6.45) is 0.834. The molecule has 0 bridgehead atoms. The van der Waals surface area contributed by atoms with Crippen molar-refractivity contribution in [2.75, 3.05) is 13.7 Å². The molecule has 2 N–H and O–H groups in total. The molecule has 0 aliphatic heterocycles. The average molecular weight is 272 g/mol. The molecular weight excluding hydrogens is 256 g/mol. The Morgan fingerprint density at radius 2 is 1.89 bits per heavy atom. The van der Waals surface area contributed by atoms with Crippen LogP contribution in [0.1, 0.15) is 12.5 Å². The maximum atomic E-state index is 11.7. The zero-order chi connectivity index (χ0) is 13.6. The minimum Gasteiger partial charge on any atom is -0.357 e. The molecule has 0 heterocycles. The Balaban J connectivity index is 2.65. The number of sulfonamides is 1. The normalized spacial score (nSPS) is 11.2. The fourth-order valence-electron chi connectivity index (χ4n) is 1.20. The van der Waals surface area contributed by atoms with E-state index in [0.717, 1.165) is 12.0 Å². The monoisotopic (exact) mass is 272 g/mol. The predicted molar refractivity (Wildman–Crippen MR) is 66.2 cm³/mol. The van der Waals surface area contributed by atoms with E-state index in [1.807, 2.05) is 11.8 Å². The first-order valence-electron chi connectivity index (χ1n) is 5.42. The van der Waals surface area contributed by atoms with E-state index in [1.165, 1.54) is 19.2 Å². The van der Waals surface area contributed by atoms with Gasteiger partial charge < -0.3 is 5.32 Å². The molecule has 0 spiro atoms. The molecule has 1 aromatic rings. The highest BCUT2D eigenvalue weighted by Gasteiger charge is 2.14. The molecule has 0 saturated carbocycles. The Morgan fingerprint density at radius 1 is 1.28 bits per heavy atom. The smallest absolute Gasteiger partial charge is 0.262 e. The number of aryl methyl sites for hydroxylation is 1. The largest absolute Gasteiger partial charge is 0.357 e. The third-order valence-electron chi connectivity index (χ3n) is 2.29. The molecule has 100 valence electrons. The Labute approximate surface area is 106 Å². The molecule has 1 rings (SSSR count). The lowest BCUT2D eigenvalue weighted by Crippen LogP contribution is -2.31. The molecule has 0 saturated heterocycles. The van der Waals surface area contributed by atoms with Crippen LogP contribution in [-0.2, 0) is 26.1 Å². The second kappa shape index (κ2) is 6.48. The van der Waals surface area contributed by atoms with E-state index in [0.29, 0.717) is 0 Å². The summed E-state index contributed by atoms with van der Waals surface area (Å²) in [5.74, 6) is -0.418. The highest BCUT2D eigenvalue weighted by Crippen LogP contribution is 2.10. The minimum atomic E-state index is -3.74. The van der Waals surface area contributed by atoms with Gasteiger partial charge in [-0.1, -0.05) is 23.9 Å². The fourth-order valence-corrected chi connectivity index (χ4v) is 2.00. The van der Waals surface area contributed by atoms with Gasteiger partial charge in [0.1, 0.15) is 6.61 Å². The second-order valence-electron chi connectivity index (χ2n) is 3.55. The fraction of sp³-hybridized carbons (Fsp3) is 0.364. The van der Waals surface area contributed by atoms with E-state index in [2.05, 4.69) is 10.2 Å². The van der Waals surface area contributed by atoms with Gasteiger partial charge in [-0.2, -0.15) is 0 Å². The first-order chi connectivity index (χ1) is 8.49. The summed E-state index contributed by atoms with van der Waals surface area (Å²) < 4.78 is 23.5. The molecule has 0 aromatic heterocycles. The first kappa shape index (κ1) is 14.6. The van der Waals surface area contributed by atoms with Gasteiger partial charge in [-0.3, -0.25) is 9.63 Å². The summed E-state index contributed by atoms with van der Waals surface area (Å²) in [6.45, 7) is 1.61. The quantitative estimate of drug-likeness (QED) is 0.725. The van der Waals surface area contributed by atoms with Crippen molar-refractivity contribution < 1.29 is 18.0 Å². The van der Waals surface area contributed by atoms with E-state index in [9.17, 15) is 13.2 Å². The van der Waals surface area contributed by atoms with Gasteiger partial charge in [0.25, 0.3) is 10.0 Å². The first-order valence-corrected chi connectivity index (χ1v) is 6.91. The maximum absolute atomic E-state index is 11.7. The van der Waals surface area contributed by atoms with E-state index in [1.54, 1.807) is 12.1 Å². The van der Waals surface area contributed by atoms with Gasteiger partial charge in [-0.05, 0) is 24.1 Å². The van der Waals surface area contributed by atoms with Gasteiger partial charge >= 0.3 is 0 Å². The lowest BCUT2D eigenvalue weighted by molar-refractivity contribution is -0.126. The number of benzene rings is 1. The lowest BCUT2D eigenvalue weighted by atomic mass is 10.2. The number of likely N-dealkylation sites (N-methyl/N-ethyl adjacent to an activating group) is 1. The Kier molecular flexibility index (Phi) is 5.26. The zero-order valence-electron chi connectivity index (χ0n) is 10.3. The van der Waals surface area contributed by atoms with Crippen molar-refractivity contribution in [3.05, 3.63) is 29.8 Å². The third kappa shape index (κ3) is 4.10. The van der Waals surface area contributed by atoms with Crippen molar-refractivity contribution in [3.63, 3.8) is 0 Å². The number of amides is 1. The molecule has 0 radical (unpaired) electrons. The van der Waals surface area contributed by atoms with Crippen molar-refractivity contribution in [2.24, 2.45) is 0 Å². The SMILES string of the molecule is CCc1ccc(S(=O)(=O)NOCC(=O)NC)cc1. The Bertz CT molecular complexity index is 496. The molecule has 0 fully saturated rings. The lowest BCUT2D eigenvalue weighted by Gasteiger charge is -2.07. The van der Waals surface area contributed by atoms with Crippen LogP contribution in [-0.4, -0.2) is 28.0 Å². The van der Waals surface area contributed by atoms with Crippen molar-refractivity contribution >= 4 is 15.9 Å². The molecule has 6 nitrogen and oxygen atoms in total. The van der Waals surface area contributed by atoms with Crippen LogP contribution in [0.2, 0.25) is 0 Å². The van der Waals surface area contributed by atoms with Crippen LogP contribution < -0.4 is 10.2 Å². The molecule has 0 atom stereocenters. The van der Waals surface area contributed by atoms with Crippen LogP contribution in [0, 0.1) is 0 Å². The number of rotatable bonds is 6. The number of hydrogen-bond acceptors (Lipinski definition) is 4. The van der Waals surface area contributed by atoms with Gasteiger partial charge in [0.05, 0.1) is 4.90 Å². The van der Waals surface area contributed by atoms with Crippen molar-refractivity contribution in [2.45, 2.75) is 18.2 Å².